The summed E-state index contributed by atoms with van der Waals surface area (Å²) in [5, 5.41) is 95.4. The van der Waals surface area contributed by atoms with Crippen molar-refractivity contribution in [3.63, 3.8) is 0 Å². The summed E-state index contributed by atoms with van der Waals surface area (Å²) in [5.41, 5.74) is 0. The molecule has 0 saturated carbocycles. The second kappa shape index (κ2) is 15.5. The first-order valence-electron chi connectivity index (χ1n) is 13.8. The molecule has 22 heteroatoms. The molecule has 15 atom stereocenters. The molecule has 0 bridgehead atoms. The van der Waals surface area contributed by atoms with E-state index in [0.29, 0.717) is 5.75 Å². The standard InChI is InChI=1S/C25H36O21S/c1-39-8-2-4-9(5-3-8)41-24-17(32)19(12(27)10(6-26)42-24)45-25-18(33)20(13(28)11(43-25)7-40-47(36,37)38)44-23-16(31)14(29)15(30)21(46-23)22(34)35/h2-5,10-21,23-33H,6-7H2,1H3,(H,34,35)(H,36,37,38)/p-2/t10-,11-,12+,13+,14+,15+,16-,17-,18-,19+,20+,21+,23-,24-,25+/m1/s1. The first-order chi connectivity index (χ1) is 22.1. The summed E-state index contributed by atoms with van der Waals surface area (Å²) in [5.74, 6) is -1.44. The number of carboxylic acid groups (broad SMARTS) is 1. The molecular weight excluding hydrogens is 668 g/mol. The molecule has 268 valence electrons. The van der Waals surface area contributed by atoms with E-state index >= 15 is 0 Å². The van der Waals surface area contributed by atoms with Crippen LogP contribution in [0.5, 0.6) is 11.5 Å². The SMILES string of the molecule is COc1ccc(O[C@@H]2O[C@H](CO)[C@H](O)[C@H](O[C@@H]3O[C@H](COS(=O)(=O)[O-])[C@H](O)[C@H](O[C@@H]4O[C@H](C(=O)[O-])[C@@H](O)[C@H](O)[C@H]4O)[C@H]3O)[C@H]2O)cc1. The van der Waals surface area contributed by atoms with Crippen molar-refractivity contribution in [2.45, 2.75) is 92.1 Å². The molecule has 3 fully saturated rings. The number of carbonyl (C=O) groups is 1. The highest BCUT2D eigenvalue weighted by molar-refractivity contribution is 7.80. The third kappa shape index (κ3) is 8.63. The van der Waals surface area contributed by atoms with Gasteiger partial charge in [-0.15, -0.1) is 0 Å². The van der Waals surface area contributed by atoms with Crippen LogP contribution in [-0.4, -0.2) is 172 Å². The third-order valence-electron chi connectivity index (χ3n) is 7.54. The number of hydrogen-bond donors (Lipinski definition) is 8. The Kier molecular flexibility index (Phi) is 12.3. The zero-order chi connectivity index (χ0) is 34.8. The number of hydrogen-bond acceptors (Lipinski definition) is 21. The molecule has 0 unspecified atom stereocenters. The van der Waals surface area contributed by atoms with Crippen molar-refractivity contribution in [3.05, 3.63) is 24.3 Å². The van der Waals surface area contributed by atoms with Crippen LogP contribution in [0.2, 0.25) is 0 Å². The molecule has 21 nitrogen and oxygen atoms in total. The molecule has 8 N–H and O–H groups in total. The van der Waals surface area contributed by atoms with Gasteiger partial charge < -0.3 is 88.5 Å². The maximum absolute atomic E-state index is 11.4. The molecule has 0 aliphatic carbocycles. The van der Waals surface area contributed by atoms with Crippen molar-refractivity contribution < 1.29 is 101 Å². The average molecular weight is 703 g/mol. The van der Waals surface area contributed by atoms with Crippen molar-refractivity contribution in [1.29, 1.82) is 0 Å². The van der Waals surface area contributed by atoms with Gasteiger partial charge in [-0.2, -0.15) is 0 Å². The van der Waals surface area contributed by atoms with Gasteiger partial charge in [-0.25, -0.2) is 8.42 Å². The molecule has 4 rings (SSSR count). The lowest BCUT2D eigenvalue weighted by Gasteiger charge is -2.48. The minimum atomic E-state index is -5.39. The van der Waals surface area contributed by atoms with Crippen LogP contribution in [0.15, 0.2) is 24.3 Å². The van der Waals surface area contributed by atoms with E-state index in [1.54, 1.807) is 0 Å². The highest BCUT2D eigenvalue weighted by atomic mass is 32.3. The Bertz CT molecular complexity index is 1280. The topological polar surface area (TPSA) is 333 Å². The normalized spacial score (nSPS) is 41.3. The lowest BCUT2D eigenvalue weighted by Crippen LogP contribution is -2.67. The molecule has 0 amide bonds. The molecular formula is C25H34O21S-2. The second-order valence-electron chi connectivity index (χ2n) is 10.6. The Balaban J connectivity index is 1.59. The molecule has 1 aromatic rings. The van der Waals surface area contributed by atoms with E-state index in [4.69, 9.17) is 33.2 Å². The fourth-order valence-electron chi connectivity index (χ4n) is 5.03. The molecule has 0 spiro atoms. The number of methoxy groups -OCH3 is 1. The van der Waals surface area contributed by atoms with E-state index in [2.05, 4.69) is 4.18 Å². The van der Waals surface area contributed by atoms with Crippen LogP contribution in [0.4, 0.5) is 0 Å². The number of carboxylic acids is 1. The predicted octanol–water partition coefficient (Wildman–Crippen LogP) is -7.24. The van der Waals surface area contributed by atoms with Gasteiger partial charge in [-0.05, 0) is 24.3 Å². The number of carbonyl (C=O) groups excluding carboxylic acids is 1. The van der Waals surface area contributed by atoms with Crippen LogP contribution in [0.25, 0.3) is 0 Å². The number of ether oxygens (including phenoxy) is 7. The van der Waals surface area contributed by atoms with Gasteiger partial charge >= 0.3 is 0 Å². The summed E-state index contributed by atoms with van der Waals surface area (Å²) in [4.78, 5) is 11.4. The van der Waals surface area contributed by atoms with Gasteiger partial charge in [0, 0.05) is 0 Å². The van der Waals surface area contributed by atoms with Crippen molar-refractivity contribution in [2.75, 3.05) is 20.3 Å². The molecule has 3 aliphatic heterocycles. The van der Waals surface area contributed by atoms with Crippen molar-refractivity contribution in [1.82, 2.24) is 0 Å². The van der Waals surface area contributed by atoms with Gasteiger partial charge in [0.2, 0.25) is 16.7 Å². The van der Waals surface area contributed by atoms with Gasteiger partial charge in [-0.3, -0.25) is 4.18 Å². The third-order valence-corrected chi connectivity index (χ3v) is 7.96. The van der Waals surface area contributed by atoms with Crippen molar-refractivity contribution in [2.24, 2.45) is 0 Å². The van der Waals surface area contributed by atoms with Crippen LogP contribution in [-0.2, 0) is 43.1 Å². The number of aliphatic hydroxyl groups excluding tert-OH is 8. The lowest BCUT2D eigenvalue weighted by atomic mass is 9.96. The predicted molar refractivity (Wildman–Crippen MR) is 139 cm³/mol. The fraction of sp³-hybridized carbons (Fsp3) is 0.720. The zero-order valence-electron chi connectivity index (χ0n) is 24.2. The Hall–Kier alpha value is -2.36. The lowest BCUT2D eigenvalue weighted by molar-refractivity contribution is -0.383. The minimum absolute atomic E-state index is 0.136. The smallest absolute Gasteiger partial charge is 0.229 e. The average Bonchev–Trinajstić information content (AvgIpc) is 3.02. The number of aliphatic carboxylic acids is 1. The van der Waals surface area contributed by atoms with Gasteiger partial charge in [0.25, 0.3) is 0 Å². The summed E-state index contributed by atoms with van der Waals surface area (Å²) in [6, 6.07) is 5.91. The summed E-state index contributed by atoms with van der Waals surface area (Å²) in [6.45, 7) is -2.06. The summed E-state index contributed by atoms with van der Waals surface area (Å²) in [6.07, 6.45) is -30.3. The summed E-state index contributed by atoms with van der Waals surface area (Å²) in [7, 11) is -3.97. The first-order valence-corrected chi connectivity index (χ1v) is 15.2. The van der Waals surface area contributed by atoms with Crippen LogP contribution >= 0.6 is 0 Å². The molecule has 47 heavy (non-hydrogen) atoms. The molecule has 0 aromatic heterocycles. The monoisotopic (exact) mass is 702 g/mol. The second-order valence-corrected chi connectivity index (χ2v) is 11.7. The summed E-state index contributed by atoms with van der Waals surface area (Å²) >= 11 is 0. The van der Waals surface area contributed by atoms with E-state index in [-0.39, 0.29) is 5.75 Å². The van der Waals surface area contributed by atoms with E-state index in [0.717, 1.165) is 0 Å². The van der Waals surface area contributed by atoms with Crippen LogP contribution in [0.3, 0.4) is 0 Å². The van der Waals surface area contributed by atoms with Crippen LogP contribution < -0.4 is 14.6 Å². The van der Waals surface area contributed by atoms with Gasteiger partial charge in [0.15, 0.2) is 12.6 Å². The largest absolute Gasteiger partial charge is 0.726 e. The Morgan fingerprint density at radius 3 is 1.79 bits per heavy atom. The van der Waals surface area contributed by atoms with Gasteiger partial charge in [0.1, 0.15) is 84.7 Å². The molecule has 3 heterocycles. The molecule has 3 aliphatic rings. The van der Waals surface area contributed by atoms with E-state index in [1.165, 1.54) is 31.4 Å². The minimum Gasteiger partial charge on any atom is -0.726 e. The number of rotatable bonds is 12. The van der Waals surface area contributed by atoms with Gasteiger partial charge in [-0.1, -0.05) is 0 Å². The quantitative estimate of drug-likeness (QED) is 0.0740. The van der Waals surface area contributed by atoms with Crippen LogP contribution in [0, 0.1) is 0 Å². The van der Waals surface area contributed by atoms with Crippen molar-refractivity contribution >= 4 is 16.4 Å². The molecule has 0 radical (unpaired) electrons. The number of benzene rings is 1. The van der Waals surface area contributed by atoms with E-state index < -0.39 is 122 Å². The number of aliphatic hydroxyl groups is 8. The van der Waals surface area contributed by atoms with Gasteiger partial charge in [0.05, 0.1) is 26.3 Å². The Morgan fingerprint density at radius 1 is 0.745 bits per heavy atom. The highest BCUT2D eigenvalue weighted by Crippen LogP contribution is 2.33. The Labute approximate surface area is 265 Å². The van der Waals surface area contributed by atoms with Crippen molar-refractivity contribution in [3.8, 4) is 11.5 Å². The highest BCUT2D eigenvalue weighted by Gasteiger charge is 2.54. The zero-order valence-corrected chi connectivity index (χ0v) is 25.0. The van der Waals surface area contributed by atoms with E-state index in [9.17, 15) is 63.7 Å². The molecule has 1 aromatic carbocycles. The first kappa shape index (κ1) is 37.5. The van der Waals surface area contributed by atoms with Crippen LogP contribution in [0.1, 0.15) is 0 Å². The fourth-order valence-corrected chi connectivity index (χ4v) is 5.33. The molecule has 3 saturated heterocycles. The Morgan fingerprint density at radius 2 is 1.26 bits per heavy atom. The maximum Gasteiger partial charge on any atom is 0.229 e. The van der Waals surface area contributed by atoms with E-state index in [1.807, 2.05) is 0 Å². The summed E-state index contributed by atoms with van der Waals surface area (Å²) < 4.78 is 74.9. The maximum atomic E-state index is 11.4.